The SMILES string of the molecule is COC(=O)c1ccc(NCc2ncn(C)n2)nc1C. The van der Waals surface area contributed by atoms with Crippen molar-refractivity contribution in [1.82, 2.24) is 19.7 Å². The Kier molecular flexibility index (Phi) is 3.74. The van der Waals surface area contributed by atoms with E-state index in [-0.39, 0.29) is 5.97 Å². The monoisotopic (exact) mass is 261 g/mol. The van der Waals surface area contributed by atoms with Gasteiger partial charge in [0, 0.05) is 7.05 Å². The Balaban J connectivity index is 2.06. The van der Waals surface area contributed by atoms with Gasteiger partial charge in [0.2, 0.25) is 0 Å². The van der Waals surface area contributed by atoms with E-state index in [1.54, 1.807) is 30.1 Å². The van der Waals surface area contributed by atoms with E-state index in [4.69, 9.17) is 0 Å². The van der Waals surface area contributed by atoms with Crippen LogP contribution in [0.2, 0.25) is 0 Å². The Morgan fingerprint density at radius 1 is 1.47 bits per heavy atom. The number of aryl methyl sites for hydroxylation is 2. The smallest absolute Gasteiger partial charge is 0.339 e. The second-order valence-corrected chi connectivity index (χ2v) is 4.01. The molecule has 0 radical (unpaired) electrons. The average Bonchev–Trinajstić information content (AvgIpc) is 2.81. The van der Waals surface area contributed by atoms with Crippen molar-refractivity contribution in [2.75, 3.05) is 12.4 Å². The van der Waals surface area contributed by atoms with E-state index in [0.717, 1.165) is 0 Å². The van der Waals surface area contributed by atoms with Gasteiger partial charge in [0.05, 0.1) is 24.9 Å². The molecule has 7 nitrogen and oxygen atoms in total. The summed E-state index contributed by atoms with van der Waals surface area (Å²) in [5, 5.41) is 7.25. The minimum Gasteiger partial charge on any atom is -0.465 e. The number of nitrogens with one attached hydrogen (secondary N) is 1. The Hall–Kier alpha value is -2.44. The quantitative estimate of drug-likeness (QED) is 0.824. The van der Waals surface area contributed by atoms with Crippen molar-refractivity contribution in [3.05, 3.63) is 35.5 Å². The predicted molar refractivity (Wildman–Crippen MR) is 68.6 cm³/mol. The lowest BCUT2D eigenvalue weighted by atomic mass is 10.2. The van der Waals surface area contributed by atoms with Gasteiger partial charge in [-0.05, 0) is 19.1 Å². The molecule has 1 N–H and O–H groups in total. The van der Waals surface area contributed by atoms with Crippen LogP contribution in [-0.4, -0.2) is 32.8 Å². The lowest BCUT2D eigenvalue weighted by Gasteiger charge is -2.07. The van der Waals surface area contributed by atoms with Gasteiger partial charge >= 0.3 is 5.97 Å². The highest BCUT2D eigenvalue weighted by Crippen LogP contribution is 2.12. The molecule has 0 aliphatic rings. The summed E-state index contributed by atoms with van der Waals surface area (Å²) in [6.07, 6.45) is 1.63. The van der Waals surface area contributed by atoms with Gasteiger partial charge in [0.15, 0.2) is 5.82 Å². The highest BCUT2D eigenvalue weighted by molar-refractivity contribution is 5.90. The van der Waals surface area contributed by atoms with Crippen LogP contribution in [0.5, 0.6) is 0 Å². The van der Waals surface area contributed by atoms with E-state index in [9.17, 15) is 4.79 Å². The molecule has 100 valence electrons. The maximum Gasteiger partial charge on any atom is 0.339 e. The summed E-state index contributed by atoms with van der Waals surface area (Å²) < 4.78 is 6.30. The normalized spacial score (nSPS) is 10.3. The number of nitrogens with zero attached hydrogens (tertiary/aromatic N) is 4. The summed E-state index contributed by atoms with van der Waals surface area (Å²) in [6, 6.07) is 3.41. The fraction of sp³-hybridized carbons (Fsp3) is 0.333. The third-order valence-corrected chi connectivity index (χ3v) is 2.57. The molecule has 0 unspecified atom stereocenters. The van der Waals surface area contributed by atoms with Gasteiger partial charge in [-0.1, -0.05) is 0 Å². The van der Waals surface area contributed by atoms with E-state index in [2.05, 4.69) is 25.1 Å². The Bertz CT molecular complexity index is 594. The maximum atomic E-state index is 11.4. The summed E-state index contributed by atoms with van der Waals surface area (Å²) in [7, 11) is 3.16. The van der Waals surface area contributed by atoms with Crippen molar-refractivity contribution in [3.63, 3.8) is 0 Å². The van der Waals surface area contributed by atoms with E-state index >= 15 is 0 Å². The molecule has 0 bridgehead atoms. The molecule has 0 spiro atoms. The predicted octanol–water partition coefficient (Wildman–Crippen LogP) is 0.917. The molecule has 2 aromatic rings. The second kappa shape index (κ2) is 5.47. The third-order valence-electron chi connectivity index (χ3n) is 2.57. The van der Waals surface area contributed by atoms with Crippen molar-refractivity contribution in [2.24, 2.45) is 7.05 Å². The van der Waals surface area contributed by atoms with Gasteiger partial charge in [-0.25, -0.2) is 14.8 Å². The van der Waals surface area contributed by atoms with Crippen LogP contribution in [0.4, 0.5) is 5.82 Å². The van der Waals surface area contributed by atoms with Crippen molar-refractivity contribution in [3.8, 4) is 0 Å². The zero-order valence-electron chi connectivity index (χ0n) is 11.0. The minimum absolute atomic E-state index is 0.386. The summed E-state index contributed by atoms with van der Waals surface area (Å²) in [4.78, 5) is 19.8. The van der Waals surface area contributed by atoms with Gasteiger partial charge in [-0.15, -0.1) is 0 Å². The van der Waals surface area contributed by atoms with Crippen molar-refractivity contribution < 1.29 is 9.53 Å². The molecule has 0 atom stereocenters. The van der Waals surface area contributed by atoms with E-state index in [1.807, 2.05) is 7.05 Å². The zero-order valence-corrected chi connectivity index (χ0v) is 11.0. The number of pyridine rings is 1. The van der Waals surface area contributed by atoms with Crippen LogP contribution in [0.25, 0.3) is 0 Å². The number of rotatable bonds is 4. The Morgan fingerprint density at radius 3 is 2.84 bits per heavy atom. The van der Waals surface area contributed by atoms with Gasteiger partial charge in [0.1, 0.15) is 12.1 Å². The van der Waals surface area contributed by atoms with E-state index < -0.39 is 0 Å². The van der Waals surface area contributed by atoms with Gasteiger partial charge in [0.25, 0.3) is 0 Å². The third kappa shape index (κ3) is 3.06. The van der Waals surface area contributed by atoms with E-state index in [0.29, 0.717) is 29.4 Å². The van der Waals surface area contributed by atoms with Crippen LogP contribution in [0, 0.1) is 6.92 Å². The first-order valence-electron chi connectivity index (χ1n) is 5.74. The lowest BCUT2D eigenvalue weighted by Crippen LogP contribution is -2.08. The number of carbonyl (C=O) groups excluding carboxylic acids is 1. The minimum atomic E-state index is -0.386. The fourth-order valence-corrected chi connectivity index (χ4v) is 1.62. The first-order chi connectivity index (χ1) is 9.10. The van der Waals surface area contributed by atoms with Crippen molar-refractivity contribution in [1.29, 1.82) is 0 Å². The number of carbonyl (C=O) groups is 1. The highest BCUT2D eigenvalue weighted by atomic mass is 16.5. The van der Waals surface area contributed by atoms with Crippen LogP contribution in [0.15, 0.2) is 18.5 Å². The summed E-state index contributed by atoms with van der Waals surface area (Å²) in [5.74, 6) is 0.958. The first-order valence-corrected chi connectivity index (χ1v) is 5.74. The molecule has 2 aromatic heterocycles. The molecular formula is C12H15N5O2. The molecule has 0 aliphatic heterocycles. The topological polar surface area (TPSA) is 81.9 Å². The molecule has 2 rings (SSSR count). The Labute approximate surface area is 110 Å². The highest BCUT2D eigenvalue weighted by Gasteiger charge is 2.10. The second-order valence-electron chi connectivity index (χ2n) is 4.01. The number of ether oxygens (including phenoxy) is 1. The van der Waals surface area contributed by atoms with Crippen LogP contribution in [0.3, 0.4) is 0 Å². The number of esters is 1. The molecule has 7 heteroatoms. The number of anilines is 1. The molecule has 0 aliphatic carbocycles. The molecule has 0 saturated heterocycles. The summed E-state index contributed by atoms with van der Waals surface area (Å²) >= 11 is 0. The van der Waals surface area contributed by atoms with Gasteiger partial charge in [-0.3, -0.25) is 4.68 Å². The molecule has 2 heterocycles. The molecule has 0 aromatic carbocycles. The first kappa shape index (κ1) is 13.0. The lowest BCUT2D eigenvalue weighted by molar-refractivity contribution is 0.0599. The number of hydrogen-bond donors (Lipinski definition) is 1. The van der Waals surface area contributed by atoms with Crippen molar-refractivity contribution >= 4 is 11.8 Å². The zero-order chi connectivity index (χ0) is 13.8. The van der Waals surface area contributed by atoms with Crippen LogP contribution >= 0.6 is 0 Å². The van der Waals surface area contributed by atoms with E-state index in [1.165, 1.54) is 7.11 Å². The van der Waals surface area contributed by atoms with Crippen molar-refractivity contribution in [2.45, 2.75) is 13.5 Å². The molecule has 0 saturated carbocycles. The Morgan fingerprint density at radius 2 is 2.26 bits per heavy atom. The molecule has 0 fully saturated rings. The van der Waals surface area contributed by atoms with Gasteiger partial charge in [-0.2, -0.15) is 5.10 Å². The summed E-state index contributed by atoms with van der Waals surface area (Å²) in [5.41, 5.74) is 1.08. The van der Waals surface area contributed by atoms with Crippen LogP contribution in [0.1, 0.15) is 21.9 Å². The summed E-state index contributed by atoms with van der Waals surface area (Å²) in [6.45, 7) is 2.24. The van der Waals surface area contributed by atoms with Crippen LogP contribution in [-0.2, 0) is 18.3 Å². The standard InChI is InChI=1S/C12H15N5O2/c1-8-9(12(18)19-3)4-5-10(15-8)13-6-11-14-7-17(2)16-11/h4-5,7H,6H2,1-3H3,(H,13,15). The fourth-order valence-electron chi connectivity index (χ4n) is 1.62. The number of methoxy groups -OCH3 is 1. The van der Waals surface area contributed by atoms with Gasteiger partial charge < -0.3 is 10.1 Å². The average molecular weight is 261 g/mol. The number of hydrogen-bond acceptors (Lipinski definition) is 6. The largest absolute Gasteiger partial charge is 0.465 e. The van der Waals surface area contributed by atoms with Crippen LogP contribution < -0.4 is 5.32 Å². The number of aromatic nitrogens is 4. The maximum absolute atomic E-state index is 11.4. The molecule has 0 amide bonds. The molecular weight excluding hydrogens is 246 g/mol. The molecule has 19 heavy (non-hydrogen) atoms.